The van der Waals surface area contributed by atoms with Gasteiger partial charge in [-0.15, -0.1) is 0 Å². The van der Waals surface area contributed by atoms with Crippen molar-refractivity contribution in [2.75, 3.05) is 37.0 Å². The van der Waals surface area contributed by atoms with Crippen LogP contribution in [0.1, 0.15) is 37.9 Å². The number of aryl methyl sites for hydroxylation is 1. The van der Waals surface area contributed by atoms with Crippen LogP contribution in [0.4, 0.5) is 11.8 Å². The number of nitrogens with zero attached hydrogens (tertiary/aromatic N) is 4. The zero-order valence-electron chi connectivity index (χ0n) is 13.6. The first-order chi connectivity index (χ1) is 10.0. The van der Waals surface area contributed by atoms with E-state index in [1.54, 1.807) is 0 Å². The van der Waals surface area contributed by atoms with Gasteiger partial charge in [-0.2, -0.15) is 4.98 Å². The van der Waals surface area contributed by atoms with Gasteiger partial charge >= 0.3 is 0 Å². The summed E-state index contributed by atoms with van der Waals surface area (Å²) in [6.07, 6.45) is 5.20. The molecular weight excluding hydrogens is 264 g/mol. The number of fused-ring (bicyclic) bond motifs is 1. The van der Waals surface area contributed by atoms with Crippen LogP contribution < -0.4 is 9.80 Å². The normalized spacial score (nSPS) is 25.6. The second-order valence-electron chi connectivity index (χ2n) is 6.54. The second-order valence-corrected chi connectivity index (χ2v) is 6.54. The van der Waals surface area contributed by atoms with Gasteiger partial charge in [0.25, 0.3) is 0 Å². The molecule has 1 aromatic heterocycles. The maximum Gasteiger partial charge on any atom is 0.227 e. The SMILES string of the molecule is C[C@@H]1CN(c2nc(N(C)C)nc3c2CCCC3)C[C@H](C)O1. The molecule has 1 aromatic rings. The van der Waals surface area contributed by atoms with Gasteiger partial charge in [0.15, 0.2) is 0 Å². The van der Waals surface area contributed by atoms with Gasteiger partial charge < -0.3 is 14.5 Å². The maximum absolute atomic E-state index is 5.86. The number of ether oxygens (including phenoxy) is 1. The minimum Gasteiger partial charge on any atom is -0.372 e. The zero-order valence-corrected chi connectivity index (χ0v) is 13.6. The molecule has 1 aliphatic carbocycles. The molecule has 0 N–H and O–H groups in total. The molecule has 5 heteroatoms. The van der Waals surface area contributed by atoms with E-state index in [0.717, 1.165) is 37.7 Å². The third-order valence-corrected chi connectivity index (χ3v) is 4.27. The number of anilines is 2. The van der Waals surface area contributed by atoms with Gasteiger partial charge in [0, 0.05) is 32.7 Å². The summed E-state index contributed by atoms with van der Waals surface area (Å²) in [5, 5.41) is 0. The van der Waals surface area contributed by atoms with Crippen LogP contribution >= 0.6 is 0 Å². The Labute approximate surface area is 127 Å². The minimum absolute atomic E-state index is 0.255. The van der Waals surface area contributed by atoms with E-state index in [1.807, 2.05) is 19.0 Å². The Hall–Kier alpha value is -1.36. The number of rotatable bonds is 2. The Kier molecular flexibility index (Phi) is 4.02. The van der Waals surface area contributed by atoms with Gasteiger partial charge in [-0.25, -0.2) is 4.98 Å². The molecule has 2 aliphatic rings. The molecule has 0 saturated carbocycles. The Morgan fingerprint density at radius 2 is 1.71 bits per heavy atom. The van der Waals surface area contributed by atoms with Gasteiger partial charge in [-0.1, -0.05) is 0 Å². The molecular formula is C16H26N4O. The Morgan fingerprint density at radius 3 is 2.38 bits per heavy atom. The molecule has 116 valence electrons. The fourth-order valence-corrected chi connectivity index (χ4v) is 3.37. The van der Waals surface area contributed by atoms with Crippen molar-refractivity contribution in [2.45, 2.75) is 51.7 Å². The number of hydrogen-bond acceptors (Lipinski definition) is 5. The van der Waals surface area contributed by atoms with E-state index in [4.69, 9.17) is 14.7 Å². The zero-order chi connectivity index (χ0) is 15.0. The van der Waals surface area contributed by atoms with Crippen LogP contribution in [0, 0.1) is 0 Å². The smallest absolute Gasteiger partial charge is 0.227 e. The summed E-state index contributed by atoms with van der Waals surface area (Å²) in [7, 11) is 4.03. The molecule has 21 heavy (non-hydrogen) atoms. The number of morpholine rings is 1. The van der Waals surface area contributed by atoms with Crippen LogP contribution in [0.15, 0.2) is 0 Å². The molecule has 0 bridgehead atoms. The van der Waals surface area contributed by atoms with Crippen molar-refractivity contribution in [2.24, 2.45) is 0 Å². The molecule has 0 radical (unpaired) electrons. The molecule has 0 amide bonds. The molecule has 1 fully saturated rings. The van der Waals surface area contributed by atoms with Crippen molar-refractivity contribution in [1.82, 2.24) is 9.97 Å². The standard InChI is InChI=1S/C16H26N4O/c1-11-9-20(10-12(2)21-11)15-13-7-5-6-8-14(13)17-16(18-15)19(3)4/h11-12H,5-10H2,1-4H3/t11-,12+. The van der Waals surface area contributed by atoms with E-state index in [9.17, 15) is 0 Å². The highest BCUT2D eigenvalue weighted by Crippen LogP contribution is 2.31. The summed E-state index contributed by atoms with van der Waals surface area (Å²) in [4.78, 5) is 14.0. The third kappa shape index (κ3) is 2.98. The van der Waals surface area contributed by atoms with Gasteiger partial charge in [0.05, 0.1) is 17.9 Å². The molecule has 1 saturated heterocycles. The van der Waals surface area contributed by atoms with Crippen LogP contribution in [0.3, 0.4) is 0 Å². The molecule has 0 spiro atoms. The summed E-state index contributed by atoms with van der Waals surface area (Å²) in [6, 6.07) is 0. The lowest BCUT2D eigenvalue weighted by Crippen LogP contribution is -2.46. The van der Waals surface area contributed by atoms with Crippen molar-refractivity contribution in [3.05, 3.63) is 11.3 Å². The van der Waals surface area contributed by atoms with Gasteiger partial charge in [-0.3, -0.25) is 0 Å². The molecule has 0 aromatic carbocycles. The summed E-state index contributed by atoms with van der Waals surface area (Å²) in [5.41, 5.74) is 2.62. The quantitative estimate of drug-likeness (QED) is 0.833. The summed E-state index contributed by atoms with van der Waals surface area (Å²) >= 11 is 0. The van der Waals surface area contributed by atoms with Gasteiger partial charge in [0.1, 0.15) is 5.82 Å². The highest BCUT2D eigenvalue weighted by molar-refractivity contribution is 5.54. The molecule has 5 nitrogen and oxygen atoms in total. The van der Waals surface area contributed by atoms with Crippen molar-refractivity contribution >= 4 is 11.8 Å². The van der Waals surface area contributed by atoms with Crippen LogP contribution in [-0.2, 0) is 17.6 Å². The summed E-state index contributed by atoms with van der Waals surface area (Å²) in [5.74, 6) is 1.97. The predicted molar refractivity (Wildman–Crippen MR) is 85.2 cm³/mol. The van der Waals surface area contributed by atoms with E-state index in [-0.39, 0.29) is 12.2 Å². The maximum atomic E-state index is 5.86. The van der Waals surface area contributed by atoms with E-state index >= 15 is 0 Å². The number of hydrogen-bond donors (Lipinski definition) is 0. The number of aromatic nitrogens is 2. The fraction of sp³-hybridized carbons (Fsp3) is 0.750. The first-order valence-electron chi connectivity index (χ1n) is 8.02. The Bertz CT molecular complexity index is 507. The van der Waals surface area contributed by atoms with Gasteiger partial charge in [-0.05, 0) is 39.5 Å². The highest BCUT2D eigenvalue weighted by Gasteiger charge is 2.28. The van der Waals surface area contributed by atoms with E-state index in [0.29, 0.717) is 0 Å². The molecule has 0 unspecified atom stereocenters. The second kappa shape index (κ2) is 5.79. The Morgan fingerprint density at radius 1 is 1.05 bits per heavy atom. The Balaban J connectivity index is 2.01. The van der Waals surface area contributed by atoms with Crippen LogP contribution in [0.25, 0.3) is 0 Å². The first-order valence-corrected chi connectivity index (χ1v) is 8.02. The lowest BCUT2D eigenvalue weighted by atomic mass is 9.96. The molecule has 1 aliphatic heterocycles. The predicted octanol–water partition coefficient (Wildman–Crippen LogP) is 2.04. The summed E-state index contributed by atoms with van der Waals surface area (Å²) < 4.78 is 5.86. The molecule has 3 rings (SSSR count). The fourth-order valence-electron chi connectivity index (χ4n) is 3.37. The van der Waals surface area contributed by atoms with Crippen LogP contribution in [0.2, 0.25) is 0 Å². The topological polar surface area (TPSA) is 41.5 Å². The molecule has 2 atom stereocenters. The average molecular weight is 290 g/mol. The van der Waals surface area contributed by atoms with Gasteiger partial charge in [0.2, 0.25) is 5.95 Å². The van der Waals surface area contributed by atoms with Crippen molar-refractivity contribution < 1.29 is 4.74 Å². The van der Waals surface area contributed by atoms with E-state index in [1.165, 1.54) is 24.1 Å². The van der Waals surface area contributed by atoms with Crippen molar-refractivity contribution in [3.63, 3.8) is 0 Å². The summed E-state index contributed by atoms with van der Waals surface area (Å²) in [6.45, 7) is 6.12. The van der Waals surface area contributed by atoms with Crippen LogP contribution in [0.5, 0.6) is 0 Å². The first kappa shape index (κ1) is 14.6. The minimum atomic E-state index is 0.255. The monoisotopic (exact) mass is 290 g/mol. The third-order valence-electron chi connectivity index (χ3n) is 4.27. The van der Waals surface area contributed by atoms with E-state index < -0.39 is 0 Å². The van der Waals surface area contributed by atoms with E-state index in [2.05, 4.69) is 18.7 Å². The lowest BCUT2D eigenvalue weighted by molar-refractivity contribution is -0.00552. The van der Waals surface area contributed by atoms with Crippen molar-refractivity contribution in [3.8, 4) is 0 Å². The molecule has 2 heterocycles. The average Bonchev–Trinajstić information content (AvgIpc) is 2.45. The van der Waals surface area contributed by atoms with Crippen molar-refractivity contribution in [1.29, 1.82) is 0 Å². The lowest BCUT2D eigenvalue weighted by Gasteiger charge is -2.38. The van der Waals surface area contributed by atoms with Crippen LogP contribution in [-0.4, -0.2) is 49.4 Å². The highest BCUT2D eigenvalue weighted by atomic mass is 16.5. The largest absolute Gasteiger partial charge is 0.372 e.